The fraction of sp³-hybridized carbons (Fsp3) is 0.143. The summed E-state index contributed by atoms with van der Waals surface area (Å²) in [5.41, 5.74) is 0.457. The van der Waals surface area contributed by atoms with E-state index in [1.54, 1.807) is 19.1 Å². The Kier molecular flexibility index (Phi) is 4.32. The third kappa shape index (κ3) is 3.81. The number of amides is 1. The summed E-state index contributed by atoms with van der Waals surface area (Å²) in [6.45, 7) is 1.72. The molecular formula is C14H10BrF3N2O. The van der Waals surface area contributed by atoms with Crippen molar-refractivity contribution in [2.45, 2.75) is 13.1 Å². The molecular weight excluding hydrogens is 349 g/mol. The number of aryl methyl sites for hydroxylation is 1. The van der Waals surface area contributed by atoms with Crippen LogP contribution in [0.25, 0.3) is 0 Å². The van der Waals surface area contributed by atoms with Crippen molar-refractivity contribution in [3.8, 4) is 0 Å². The first-order valence-electron chi connectivity index (χ1n) is 5.89. The number of hydrogen-bond donors (Lipinski definition) is 1. The van der Waals surface area contributed by atoms with Gasteiger partial charge in [-0.25, -0.2) is 4.98 Å². The van der Waals surface area contributed by atoms with Crippen molar-refractivity contribution >= 4 is 27.5 Å². The molecule has 7 heteroatoms. The van der Waals surface area contributed by atoms with E-state index in [1.807, 2.05) is 0 Å². The summed E-state index contributed by atoms with van der Waals surface area (Å²) in [6, 6.07) is 7.35. The number of nitrogens with zero attached hydrogens (tertiary/aromatic N) is 1. The van der Waals surface area contributed by atoms with Crippen LogP contribution in [0.15, 0.2) is 41.0 Å². The van der Waals surface area contributed by atoms with Gasteiger partial charge in [-0.2, -0.15) is 13.2 Å². The smallest absolute Gasteiger partial charge is 0.320 e. The van der Waals surface area contributed by atoms with Crippen molar-refractivity contribution in [2.24, 2.45) is 0 Å². The Morgan fingerprint density at radius 3 is 2.29 bits per heavy atom. The van der Waals surface area contributed by atoms with E-state index < -0.39 is 17.6 Å². The topological polar surface area (TPSA) is 42.0 Å². The molecule has 0 saturated heterocycles. The molecule has 0 atom stereocenters. The number of anilines is 1. The molecule has 3 nitrogen and oxygen atoms in total. The van der Waals surface area contributed by atoms with Crippen molar-refractivity contribution in [1.82, 2.24) is 4.98 Å². The van der Waals surface area contributed by atoms with Crippen LogP contribution >= 0.6 is 15.9 Å². The Bertz CT molecular complexity index is 669. The van der Waals surface area contributed by atoms with Crippen molar-refractivity contribution in [3.63, 3.8) is 0 Å². The zero-order valence-corrected chi connectivity index (χ0v) is 12.4. The van der Waals surface area contributed by atoms with Crippen LogP contribution in [0.4, 0.5) is 18.9 Å². The summed E-state index contributed by atoms with van der Waals surface area (Å²) in [6.07, 6.45) is -4.42. The van der Waals surface area contributed by atoms with Gasteiger partial charge in [0.05, 0.1) is 16.9 Å². The van der Waals surface area contributed by atoms with Crippen LogP contribution < -0.4 is 5.32 Å². The van der Waals surface area contributed by atoms with Crippen LogP contribution in [0.2, 0.25) is 0 Å². The van der Waals surface area contributed by atoms with E-state index in [9.17, 15) is 18.0 Å². The molecule has 0 saturated carbocycles. The van der Waals surface area contributed by atoms with E-state index in [2.05, 4.69) is 26.2 Å². The molecule has 1 aromatic carbocycles. The van der Waals surface area contributed by atoms with E-state index in [-0.39, 0.29) is 5.56 Å². The van der Waals surface area contributed by atoms with Gasteiger partial charge in [-0.05, 0) is 59.3 Å². The number of rotatable bonds is 2. The maximum Gasteiger partial charge on any atom is 0.416 e. The molecule has 1 aromatic heterocycles. The van der Waals surface area contributed by atoms with Crippen LogP contribution in [0.1, 0.15) is 21.6 Å². The molecule has 110 valence electrons. The van der Waals surface area contributed by atoms with Crippen molar-refractivity contribution < 1.29 is 18.0 Å². The van der Waals surface area contributed by atoms with Crippen molar-refractivity contribution in [3.05, 3.63) is 57.8 Å². The van der Waals surface area contributed by atoms with Gasteiger partial charge in [0.1, 0.15) is 4.60 Å². The molecule has 0 aliphatic carbocycles. The van der Waals surface area contributed by atoms with Gasteiger partial charge in [-0.1, -0.05) is 0 Å². The second-order valence-corrected chi connectivity index (χ2v) is 5.11. The molecule has 1 N–H and O–H groups in total. The molecule has 0 aliphatic rings. The summed E-state index contributed by atoms with van der Waals surface area (Å²) < 4.78 is 38.0. The number of carbonyl (C=O) groups excluding carboxylic acids is 1. The fourth-order valence-corrected chi connectivity index (χ4v) is 2.07. The number of hydrogen-bond acceptors (Lipinski definition) is 2. The first-order chi connectivity index (χ1) is 9.77. The van der Waals surface area contributed by atoms with E-state index in [0.29, 0.717) is 16.0 Å². The minimum absolute atomic E-state index is 0.144. The number of halogens is 4. The summed E-state index contributed by atoms with van der Waals surface area (Å²) in [4.78, 5) is 16.1. The second kappa shape index (κ2) is 5.85. The zero-order chi connectivity index (χ0) is 15.6. The predicted molar refractivity (Wildman–Crippen MR) is 76.1 cm³/mol. The molecule has 0 unspecified atom stereocenters. The third-order valence-corrected chi connectivity index (χ3v) is 3.22. The Hall–Kier alpha value is -1.89. The molecule has 0 spiro atoms. The standard InChI is InChI=1S/C14H10BrF3N2O/c1-8-11(6-7-12(15)19-8)20-13(21)9-2-4-10(5-3-9)14(16,17)18/h2-7H,1H3,(H,20,21). The number of pyridine rings is 1. The van der Waals surface area contributed by atoms with Crippen molar-refractivity contribution in [1.29, 1.82) is 0 Å². The lowest BCUT2D eigenvalue weighted by molar-refractivity contribution is -0.137. The van der Waals surface area contributed by atoms with Gasteiger partial charge in [-0.3, -0.25) is 4.79 Å². The summed E-state index contributed by atoms with van der Waals surface area (Å²) in [5, 5.41) is 2.61. The van der Waals surface area contributed by atoms with Crippen LogP contribution in [0, 0.1) is 6.92 Å². The van der Waals surface area contributed by atoms with Gasteiger partial charge in [0.25, 0.3) is 5.91 Å². The first-order valence-corrected chi connectivity index (χ1v) is 6.68. The molecule has 1 amide bonds. The average Bonchev–Trinajstić information content (AvgIpc) is 2.41. The molecule has 21 heavy (non-hydrogen) atoms. The molecule has 1 heterocycles. The third-order valence-electron chi connectivity index (χ3n) is 2.77. The van der Waals surface area contributed by atoms with E-state index in [1.165, 1.54) is 0 Å². The highest BCUT2D eigenvalue weighted by atomic mass is 79.9. The fourth-order valence-electron chi connectivity index (χ4n) is 1.67. The summed E-state index contributed by atoms with van der Waals surface area (Å²) >= 11 is 3.20. The monoisotopic (exact) mass is 358 g/mol. The van der Waals surface area contributed by atoms with Crippen LogP contribution in [0.3, 0.4) is 0 Å². The van der Waals surface area contributed by atoms with Crippen molar-refractivity contribution in [2.75, 3.05) is 5.32 Å². The molecule has 0 aliphatic heterocycles. The lowest BCUT2D eigenvalue weighted by Crippen LogP contribution is -2.14. The van der Waals surface area contributed by atoms with Gasteiger partial charge >= 0.3 is 6.18 Å². The maximum atomic E-state index is 12.4. The number of aromatic nitrogens is 1. The molecule has 2 rings (SSSR count). The lowest BCUT2D eigenvalue weighted by atomic mass is 10.1. The summed E-state index contributed by atoms with van der Waals surface area (Å²) in [5.74, 6) is -0.490. The number of nitrogens with one attached hydrogen (secondary N) is 1. The minimum atomic E-state index is -4.42. The van der Waals surface area contributed by atoms with Crippen LogP contribution in [-0.2, 0) is 6.18 Å². The van der Waals surface area contributed by atoms with Gasteiger partial charge in [0.2, 0.25) is 0 Å². The minimum Gasteiger partial charge on any atom is -0.320 e. The maximum absolute atomic E-state index is 12.4. The van der Waals surface area contributed by atoms with E-state index >= 15 is 0 Å². The van der Waals surface area contributed by atoms with Gasteiger partial charge in [0, 0.05) is 5.56 Å². The first kappa shape index (κ1) is 15.5. The van der Waals surface area contributed by atoms with Crippen LogP contribution in [0.5, 0.6) is 0 Å². The Labute approximate surface area is 127 Å². The lowest BCUT2D eigenvalue weighted by Gasteiger charge is -2.09. The zero-order valence-electron chi connectivity index (χ0n) is 10.8. The highest BCUT2D eigenvalue weighted by Gasteiger charge is 2.30. The number of alkyl halides is 3. The Balaban J connectivity index is 2.17. The molecule has 0 bridgehead atoms. The summed E-state index contributed by atoms with van der Waals surface area (Å²) in [7, 11) is 0. The highest BCUT2D eigenvalue weighted by molar-refractivity contribution is 9.10. The van der Waals surface area contributed by atoms with Crippen LogP contribution in [-0.4, -0.2) is 10.9 Å². The highest BCUT2D eigenvalue weighted by Crippen LogP contribution is 2.29. The van der Waals surface area contributed by atoms with Gasteiger partial charge < -0.3 is 5.32 Å². The quantitative estimate of drug-likeness (QED) is 0.807. The van der Waals surface area contributed by atoms with E-state index in [4.69, 9.17) is 0 Å². The molecule has 2 aromatic rings. The van der Waals surface area contributed by atoms with Gasteiger partial charge in [0.15, 0.2) is 0 Å². The van der Waals surface area contributed by atoms with E-state index in [0.717, 1.165) is 24.3 Å². The predicted octanol–water partition coefficient (Wildman–Crippen LogP) is 4.42. The largest absolute Gasteiger partial charge is 0.416 e. The normalized spacial score (nSPS) is 11.3. The Morgan fingerprint density at radius 2 is 1.76 bits per heavy atom. The molecule has 0 fully saturated rings. The second-order valence-electron chi connectivity index (χ2n) is 4.30. The number of carbonyl (C=O) groups is 1. The van der Waals surface area contributed by atoms with Gasteiger partial charge in [-0.15, -0.1) is 0 Å². The number of benzene rings is 1. The molecule has 0 radical (unpaired) electrons. The Morgan fingerprint density at radius 1 is 1.14 bits per heavy atom. The average molecular weight is 359 g/mol. The SMILES string of the molecule is Cc1nc(Br)ccc1NC(=O)c1ccc(C(F)(F)F)cc1.